The monoisotopic (exact) mass is 495 g/mol. The first-order valence-electron chi connectivity index (χ1n) is 12.4. The van der Waals surface area contributed by atoms with E-state index in [2.05, 4.69) is 40.5 Å². The number of carbonyl (C=O) groups excluding carboxylic acids is 2. The second-order valence-corrected chi connectivity index (χ2v) is 10.3. The molecule has 0 unspecified atom stereocenters. The molecule has 2 aliphatic heterocycles. The molecule has 0 bridgehead atoms. The van der Waals surface area contributed by atoms with Crippen LogP contribution in [0.4, 0.5) is 4.79 Å². The number of rotatable bonds is 6. The molecule has 2 N–H and O–H groups in total. The van der Waals surface area contributed by atoms with E-state index >= 15 is 0 Å². The van der Waals surface area contributed by atoms with Crippen LogP contribution in [0.25, 0.3) is 0 Å². The van der Waals surface area contributed by atoms with Gasteiger partial charge in [0, 0.05) is 66.0 Å². The van der Waals surface area contributed by atoms with Crippen LogP contribution >= 0.6 is 0 Å². The van der Waals surface area contributed by atoms with Crippen molar-refractivity contribution >= 4 is 12.0 Å². The van der Waals surface area contributed by atoms with Gasteiger partial charge in [0.05, 0.1) is 5.56 Å². The maximum atomic E-state index is 13.4. The zero-order chi connectivity index (χ0) is 26.0. The van der Waals surface area contributed by atoms with Crippen LogP contribution in [0.15, 0.2) is 30.3 Å². The summed E-state index contributed by atoms with van der Waals surface area (Å²) in [4.78, 5) is 32.1. The third-order valence-electron chi connectivity index (χ3n) is 6.78. The predicted molar refractivity (Wildman–Crippen MR) is 138 cm³/mol. The van der Waals surface area contributed by atoms with Crippen molar-refractivity contribution in [2.24, 2.45) is 0 Å². The second-order valence-electron chi connectivity index (χ2n) is 10.3. The van der Waals surface area contributed by atoms with Crippen LogP contribution < -0.4 is 10.2 Å². The smallest absolute Gasteiger partial charge is 0.427 e. The van der Waals surface area contributed by atoms with Crippen LogP contribution in [0.3, 0.4) is 0 Å². The van der Waals surface area contributed by atoms with Crippen molar-refractivity contribution in [1.29, 1.82) is 0 Å². The Bertz CT molecular complexity index is 1130. The molecule has 1 saturated heterocycles. The van der Waals surface area contributed by atoms with Gasteiger partial charge < -0.3 is 19.6 Å². The van der Waals surface area contributed by atoms with Gasteiger partial charge in [-0.15, -0.1) is 0 Å². The molecule has 0 radical (unpaired) electrons. The third-order valence-corrected chi connectivity index (χ3v) is 6.78. The Balaban J connectivity index is 1.48. The normalized spacial score (nSPS) is 16.5. The minimum Gasteiger partial charge on any atom is -0.507 e. The average Bonchev–Trinajstić information content (AvgIpc) is 3.23. The van der Waals surface area contributed by atoms with E-state index in [0.717, 1.165) is 43.9 Å². The summed E-state index contributed by atoms with van der Waals surface area (Å²) in [6, 6.07) is 9.48. The van der Waals surface area contributed by atoms with E-state index in [4.69, 9.17) is 4.74 Å². The van der Waals surface area contributed by atoms with Gasteiger partial charge in [0.2, 0.25) is 0 Å². The number of likely N-dealkylation sites (N-methyl/N-ethyl adjacent to an activating group) is 1. The lowest BCUT2D eigenvalue weighted by molar-refractivity contribution is 0.0748. The molecule has 0 aliphatic carbocycles. The number of phenolic OH excluding ortho intramolecular Hbond substituents is 1. The van der Waals surface area contributed by atoms with E-state index in [1.165, 1.54) is 16.6 Å². The van der Waals surface area contributed by atoms with Crippen molar-refractivity contribution in [3.63, 3.8) is 0 Å². The quantitative estimate of drug-likeness (QED) is 0.596. The van der Waals surface area contributed by atoms with Crippen LogP contribution in [0.5, 0.6) is 11.5 Å². The van der Waals surface area contributed by atoms with Gasteiger partial charge in [-0.2, -0.15) is 0 Å². The number of nitrogens with one attached hydrogen (secondary N) is 1. The van der Waals surface area contributed by atoms with Gasteiger partial charge in [0.1, 0.15) is 11.5 Å². The Labute approximate surface area is 213 Å². The first-order valence-corrected chi connectivity index (χ1v) is 12.4. The second kappa shape index (κ2) is 10.9. The molecule has 9 nitrogen and oxygen atoms in total. The predicted octanol–water partition coefficient (Wildman–Crippen LogP) is 2.98. The van der Waals surface area contributed by atoms with E-state index in [-0.39, 0.29) is 28.9 Å². The first kappa shape index (κ1) is 25.9. The number of amides is 2. The van der Waals surface area contributed by atoms with Crippen LogP contribution in [-0.4, -0.2) is 84.1 Å². The molecule has 1 fully saturated rings. The number of benzene rings is 2. The molecule has 0 saturated carbocycles. The number of hydrazine groups is 1. The summed E-state index contributed by atoms with van der Waals surface area (Å²) in [5.41, 5.74) is 6.95. The summed E-state index contributed by atoms with van der Waals surface area (Å²) in [7, 11) is 5.50. The molecule has 0 atom stereocenters. The highest BCUT2D eigenvalue weighted by molar-refractivity contribution is 5.97. The highest BCUT2D eigenvalue weighted by Gasteiger charge is 2.28. The zero-order valence-electron chi connectivity index (χ0n) is 21.9. The molecular weight excluding hydrogens is 458 g/mol. The fourth-order valence-electron chi connectivity index (χ4n) is 4.73. The zero-order valence-corrected chi connectivity index (χ0v) is 21.9. The highest BCUT2D eigenvalue weighted by Crippen LogP contribution is 2.35. The number of hydrogen-bond donors (Lipinski definition) is 2. The van der Waals surface area contributed by atoms with E-state index in [0.29, 0.717) is 18.7 Å². The standard InChI is InChI=1S/C27H37N5O4/c1-18(2)22-13-23(24(33)14-25(22)36-27(35)28-29(3)4)26(34)32-16-20-7-6-19(12-21(20)17-32)15-31-10-8-30(5)9-11-31/h6-7,12-14,18,33H,8-11,15-17H2,1-5H3,(H,28,35). The van der Waals surface area contributed by atoms with Gasteiger partial charge in [-0.1, -0.05) is 32.0 Å². The van der Waals surface area contributed by atoms with Gasteiger partial charge in [-0.05, 0) is 41.3 Å². The van der Waals surface area contributed by atoms with Crippen LogP contribution in [0.2, 0.25) is 0 Å². The van der Waals surface area contributed by atoms with E-state index in [1.54, 1.807) is 25.1 Å². The molecule has 2 aliphatic rings. The number of phenols is 1. The van der Waals surface area contributed by atoms with E-state index < -0.39 is 6.09 Å². The van der Waals surface area contributed by atoms with Gasteiger partial charge >= 0.3 is 6.09 Å². The summed E-state index contributed by atoms with van der Waals surface area (Å²) in [5.74, 6) is -0.233. The maximum Gasteiger partial charge on any atom is 0.427 e. The van der Waals surface area contributed by atoms with Crippen molar-refractivity contribution < 1.29 is 19.4 Å². The van der Waals surface area contributed by atoms with Gasteiger partial charge in [0.15, 0.2) is 0 Å². The minimum absolute atomic E-state index is 0.0211. The number of ether oxygens (including phenoxy) is 1. The summed E-state index contributed by atoms with van der Waals surface area (Å²) in [6.45, 7) is 10.1. The van der Waals surface area contributed by atoms with Crippen LogP contribution in [0.1, 0.15) is 52.4 Å². The number of aromatic hydroxyl groups is 1. The fraction of sp³-hybridized carbons (Fsp3) is 0.481. The van der Waals surface area contributed by atoms with Gasteiger partial charge in [0.25, 0.3) is 5.91 Å². The highest BCUT2D eigenvalue weighted by atomic mass is 16.6. The molecule has 0 spiro atoms. The Kier molecular flexibility index (Phi) is 7.82. The van der Waals surface area contributed by atoms with Crippen LogP contribution in [0, 0.1) is 0 Å². The van der Waals surface area contributed by atoms with Crippen molar-refractivity contribution in [1.82, 2.24) is 25.1 Å². The van der Waals surface area contributed by atoms with Crippen molar-refractivity contribution in [2.75, 3.05) is 47.3 Å². The molecule has 194 valence electrons. The molecule has 2 amide bonds. The number of carbonyl (C=O) groups is 2. The number of nitrogens with zero attached hydrogens (tertiary/aromatic N) is 4. The van der Waals surface area contributed by atoms with Crippen molar-refractivity contribution in [3.8, 4) is 11.5 Å². The molecule has 9 heteroatoms. The Morgan fingerprint density at radius 1 is 1.06 bits per heavy atom. The maximum absolute atomic E-state index is 13.4. The lowest BCUT2D eigenvalue weighted by atomic mass is 9.98. The Morgan fingerprint density at radius 3 is 2.42 bits per heavy atom. The Morgan fingerprint density at radius 2 is 1.75 bits per heavy atom. The van der Waals surface area contributed by atoms with Crippen LogP contribution in [-0.2, 0) is 19.6 Å². The van der Waals surface area contributed by atoms with Gasteiger partial charge in [-0.3, -0.25) is 15.1 Å². The molecule has 2 aromatic carbocycles. The van der Waals surface area contributed by atoms with E-state index in [9.17, 15) is 14.7 Å². The SMILES string of the molecule is CC(C)c1cc(C(=O)N2Cc3ccc(CN4CCN(C)CC4)cc3C2)c(O)cc1OC(=O)NN(C)C. The van der Waals surface area contributed by atoms with Gasteiger partial charge in [-0.25, -0.2) is 9.80 Å². The molecular formula is C27H37N5O4. The largest absolute Gasteiger partial charge is 0.507 e. The number of hydrogen-bond acceptors (Lipinski definition) is 7. The first-order chi connectivity index (χ1) is 17.1. The average molecular weight is 496 g/mol. The molecule has 2 heterocycles. The summed E-state index contributed by atoms with van der Waals surface area (Å²) < 4.78 is 5.41. The lowest BCUT2D eigenvalue weighted by Gasteiger charge is -2.32. The lowest BCUT2D eigenvalue weighted by Crippen LogP contribution is -2.43. The molecule has 2 aromatic rings. The third kappa shape index (κ3) is 5.98. The minimum atomic E-state index is -0.664. The fourth-order valence-corrected chi connectivity index (χ4v) is 4.73. The molecule has 0 aromatic heterocycles. The summed E-state index contributed by atoms with van der Waals surface area (Å²) in [5, 5.41) is 12.2. The van der Waals surface area contributed by atoms with Crippen molar-refractivity contribution in [3.05, 3.63) is 58.1 Å². The Hall–Kier alpha value is -3.14. The number of piperazine rings is 1. The number of fused-ring (bicyclic) bond motifs is 1. The molecule has 36 heavy (non-hydrogen) atoms. The molecule has 4 rings (SSSR count). The topological polar surface area (TPSA) is 88.6 Å². The van der Waals surface area contributed by atoms with E-state index in [1.807, 2.05) is 13.8 Å². The summed E-state index contributed by atoms with van der Waals surface area (Å²) in [6.07, 6.45) is -0.664. The van der Waals surface area contributed by atoms with Crippen molar-refractivity contribution in [2.45, 2.75) is 39.4 Å². The summed E-state index contributed by atoms with van der Waals surface area (Å²) >= 11 is 0.